The molecule has 0 heterocycles. The van der Waals surface area contributed by atoms with Gasteiger partial charge in [-0.05, 0) is 24.5 Å². The molecule has 0 saturated heterocycles. The molecule has 0 aliphatic rings. The van der Waals surface area contributed by atoms with Crippen molar-refractivity contribution < 1.29 is 9.72 Å². The van der Waals surface area contributed by atoms with Crippen molar-refractivity contribution in [2.75, 3.05) is 6.54 Å². The average Bonchev–Trinajstić information content (AvgIpc) is 2.47. The van der Waals surface area contributed by atoms with Crippen molar-refractivity contribution in [3.05, 3.63) is 75.3 Å². The van der Waals surface area contributed by atoms with Crippen LogP contribution < -0.4 is 5.32 Å². The van der Waals surface area contributed by atoms with Gasteiger partial charge in [-0.3, -0.25) is 14.9 Å². The van der Waals surface area contributed by atoms with E-state index >= 15 is 0 Å². The van der Waals surface area contributed by atoms with Crippen molar-refractivity contribution in [3.63, 3.8) is 0 Å². The zero-order valence-electron chi connectivity index (χ0n) is 11.7. The Morgan fingerprint density at radius 3 is 2.52 bits per heavy atom. The van der Waals surface area contributed by atoms with Crippen LogP contribution in [-0.2, 0) is 6.42 Å². The maximum atomic E-state index is 12.2. The molecule has 0 aliphatic heterocycles. The number of hydrogen-bond donors (Lipinski definition) is 1. The van der Waals surface area contributed by atoms with Crippen LogP contribution in [0.2, 0.25) is 0 Å². The fraction of sp³-hybridized carbons (Fsp3) is 0.188. The molecule has 5 heteroatoms. The van der Waals surface area contributed by atoms with E-state index < -0.39 is 10.8 Å². The monoisotopic (exact) mass is 284 g/mol. The summed E-state index contributed by atoms with van der Waals surface area (Å²) in [5.74, 6) is -0.407. The van der Waals surface area contributed by atoms with E-state index in [2.05, 4.69) is 5.32 Å². The maximum Gasteiger partial charge on any atom is 0.282 e. The van der Waals surface area contributed by atoms with Gasteiger partial charge in [0.25, 0.3) is 11.6 Å². The number of nitro benzene ring substituents is 1. The summed E-state index contributed by atoms with van der Waals surface area (Å²) >= 11 is 0. The SMILES string of the molecule is Cc1cccc([N+](=O)[O-])c1C(=O)NCCc1ccccc1. The normalized spacial score (nSPS) is 10.1. The van der Waals surface area contributed by atoms with Crippen LogP contribution in [0.4, 0.5) is 5.69 Å². The van der Waals surface area contributed by atoms with Gasteiger partial charge in [-0.15, -0.1) is 0 Å². The Hall–Kier alpha value is -2.69. The number of carbonyl (C=O) groups is 1. The molecule has 108 valence electrons. The molecule has 0 atom stereocenters. The minimum absolute atomic E-state index is 0.135. The van der Waals surface area contributed by atoms with E-state index in [9.17, 15) is 14.9 Å². The highest BCUT2D eigenvalue weighted by molar-refractivity contribution is 5.99. The standard InChI is InChI=1S/C16H16N2O3/c1-12-6-5-9-14(18(20)21)15(12)16(19)17-11-10-13-7-3-2-4-8-13/h2-9H,10-11H2,1H3,(H,17,19). The van der Waals surface area contributed by atoms with Crippen molar-refractivity contribution in [2.24, 2.45) is 0 Å². The zero-order valence-corrected chi connectivity index (χ0v) is 11.7. The van der Waals surface area contributed by atoms with Gasteiger partial charge in [0.1, 0.15) is 5.56 Å². The van der Waals surface area contributed by atoms with Gasteiger partial charge < -0.3 is 5.32 Å². The Morgan fingerprint density at radius 2 is 1.86 bits per heavy atom. The molecule has 2 aromatic carbocycles. The number of hydrogen-bond acceptors (Lipinski definition) is 3. The van der Waals surface area contributed by atoms with E-state index in [4.69, 9.17) is 0 Å². The predicted molar refractivity (Wildman–Crippen MR) is 80.3 cm³/mol. The highest BCUT2D eigenvalue weighted by Crippen LogP contribution is 2.21. The Morgan fingerprint density at radius 1 is 1.14 bits per heavy atom. The molecule has 0 unspecified atom stereocenters. The lowest BCUT2D eigenvalue weighted by atomic mass is 10.1. The van der Waals surface area contributed by atoms with Crippen LogP contribution in [-0.4, -0.2) is 17.4 Å². The predicted octanol–water partition coefficient (Wildman–Crippen LogP) is 2.88. The van der Waals surface area contributed by atoms with E-state index in [0.717, 1.165) is 5.56 Å². The molecule has 2 aromatic rings. The molecule has 21 heavy (non-hydrogen) atoms. The molecular weight excluding hydrogens is 268 g/mol. The lowest BCUT2D eigenvalue weighted by Crippen LogP contribution is -2.27. The number of nitrogens with zero attached hydrogens (tertiary/aromatic N) is 1. The Bertz CT molecular complexity index is 654. The largest absolute Gasteiger partial charge is 0.351 e. The van der Waals surface area contributed by atoms with Gasteiger partial charge in [-0.2, -0.15) is 0 Å². The number of benzene rings is 2. The number of aryl methyl sites for hydroxylation is 1. The minimum Gasteiger partial charge on any atom is -0.351 e. The topological polar surface area (TPSA) is 72.2 Å². The number of amides is 1. The van der Waals surface area contributed by atoms with Crippen molar-refractivity contribution in [3.8, 4) is 0 Å². The van der Waals surface area contributed by atoms with E-state index in [1.165, 1.54) is 6.07 Å². The summed E-state index contributed by atoms with van der Waals surface area (Å²) in [5, 5.41) is 13.7. The first-order chi connectivity index (χ1) is 10.1. The second-order valence-corrected chi connectivity index (χ2v) is 4.72. The molecule has 0 radical (unpaired) electrons. The minimum atomic E-state index is -0.529. The third-order valence-electron chi connectivity index (χ3n) is 3.22. The van der Waals surface area contributed by atoms with Crippen LogP contribution in [0.3, 0.4) is 0 Å². The molecule has 5 nitrogen and oxygen atoms in total. The van der Waals surface area contributed by atoms with Crippen molar-refractivity contribution in [2.45, 2.75) is 13.3 Å². The molecule has 0 aliphatic carbocycles. The first-order valence-electron chi connectivity index (χ1n) is 6.65. The summed E-state index contributed by atoms with van der Waals surface area (Å²) < 4.78 is 0. The van der Waals surface area contributed by atoms with E-state index in [-0.39, 0.29) is 11.3 Å². The van der Waals surface area contributed by atoms with Gasteiger partial charge in [0, 0.05) is 12.6 Å². The van der Waals surface area contributed by atoms with Gasteiger partial charge >= 0.3 is 0 Å². The second kappa shape index (κ2) is 6.65. The van der Waals surface area contributed by atoms with Crippen LogP contribution in [0, 0.1) is 17.0 Å². The smallest absolute Gasteiger partial charge is 0.282 e. The fourth-order valence-corrected chi connectivity index (χ4v) is 2.15. The quantitative estimate of drug-likeness (QED) is 0.677. The summed E-state index contributed by atoms with van der Waals surface area (Å²) in [4.78, 5) is 22.6. The van der Waals surface area contributed by atoms with Crippen molar-refractivity contribution in [1.29, 1.82) is 0 Å². The molecule has 0 saturated carbocycles. The summed E-state index contributed by atoms with van der Waals surface area (Å²) in [6, 6.07) is 14.4. The fourth-order valence-electron chi connectivity index (χ4n) is 2.15. The Kier molecular flexibility index (Phi) is 4.66. The number of nitrogens with one attached hydrogen (secondary N) is 1. The van der Waals surface area contributed by atoms with Crippen molar-refractivity contribution in [1.82, 2.24) is 5.32 Å². The molecule has 0 fully saturated rings. The summed E-state index contributed by atoms with van der Waals surface area (Å²) in [6.07, 6.45) is 0.687. The van der Waals surface area contributed by atoms with Gasteiger partial charge in [0.2, 0.25) is 0 Å². The van der Waals surface area contributed by atoms with Crippen LogP contribution in [0.1, 0.15) is 21.5 Å². The summed E-state index contributed by atoms with van der Waals surface area (Å²) in [6.45, 7) is 2.13. The number of nitro groups is 1. The van der Waals surface area contributed by atoms with Crippen LogP contribution >= 0.6 is 0 Å². The average molecular weight is 284 g/mol. The molecule has 1 amide bonds. The second-order valence-electron chi connectivity index (χ2n) is 4.72. The molecular formula is C16H16N2O3. The van der Waals surface area contributed by atoms with Crippen LogP contribution in [0.5, 0.6) is 0 Å². The summed E-state index contributed by atoms with van der Waals surface area (Å²) in [7, 11) is 0. The molecule has 0 aromatic heterocycles. The van der Waals surface area contributed by atoms with E-state index in [1.807, 2.05) is 30.3 Å². The highest BCUT2D eigenvalue weighted by atomic mass is 16.6. The zero-order chi connectivity index (χ0) is 15.2. The van der Waals surface area contributed by atoms with Gasteiger partial charge in [-0.1, -0.05) is 42.5 Å². The van der Waals surface area contributed by atoms with E-state index in [1.54, 1.807) is 19.1 Å². The van der Waals surface area contributed by atoms with E-state index in [0.29, 0.717) is 18.5 Å². The third kappa shape index (κ3) is 3.66. The first kappa shape index (κ1) is 14.7. The molecule has 0 bridgehead atoms. The Balaban J connectivity index is 2.06. The third-order valence-corrected chi connectivity index (χ3v) is 3.22. The molecule has 1 N–H and O–H groups in total. The Labute approximate surface area is 122 Å². The number of carbonyl (C=O) groups excluding carboxylic acids is 1. The van der Waals surface area contributed by atoms with Crippen LogP contribution in [0.15, 0.2) is 48.5 Å². The maximum absolute atomic E-state index is 12.2. The molecule has 2 rings (SSSR count). The van der Waals surface area contributed by atoms with Gasteiger partial charge in [0.05, 0.1) is 4.92 Å². The first-order valence-corrected chi connectivity index (χ1v) is 6.65. The lowest BCUT2D eigenvalue weighted by Gasteiger charge is -2.08. The summed E-state index contributed by atoms with van der Waals surface area (Å²) in [5.41, 5.74) is 1.68. The van der Waals surface area contributed by atoms with Gasteiger partial charge in [0.15, 0.2) is 0 Å². The number of rotatable bonds is 5. The van der Waals surface area contributed by atoms with Crippen LogP contribution in [0.25, 0.3) is 0 Å². The van der Waals surface area contributed by atoms with Crippen molar-refractivity contribution >= 4 is 11.6 Å². The van der Waals surface area contributed by atoms with Gasteiger partial charge in [-0.25, -0.2) is 0 Å². The highest BCUT2D eigenvalue weighted by Gasteiger charge is 2.21. The lowest BCUT2D eigenvalue weighted by molar-refractivity contribution is -0.385. The molecule has 0 spiro atoms.